The zero-order valence-corrected chi connectivity index (χ0v) is 18.8. The summed E-state index contributed by atoms with van der Waals surface area (Å²) in [6.07, 6.45) is 3.57. The molecule has 0 radical (unpaired) electrons. The summed E-state index contributed by atoms with van der Waals surface area (Å²) >= 11 is 0. The van der Waals surface area contributed by atoms with Gasteiger partial charge in [-0.1, -0.05) is 6.92 Å². The van der Waals surface area contributed by atoms with E-state index in [0.717, 1.165) is 24.4 Å². The molecule has 0 spiro atoms. The van der Waals surface area contributed by atoms with Crippen LogP contribution in [0.5, 0.6) is 0 Å². The minimum absolute atomic E-state index is 0.194. The summed E-state index contributed by atoms with van der Waals surface area (Å²) in [4.78, 5) is 26.7. The van der Waals surface area contributed by atoms with Crippen molar-refractivity contribution in [2.75, 3.05) is 23.7 Å². The van der Waals surface area contributed by atoms with Crippen molar-refractivity contribution in [2.45, 2.75) is 53.5 Å². The summed E-state index contributed by atoms with van der Waals surface area (Å²) in [5, 5.41) is 12.9. The standard InChI is InChI=1S/C21H33N7O2/c1-7-15-13-28(30-19(29)21(3,4)5)11-9-16(15)23-17-8-10-22-20(24-17)25-18-12-14(2)27(6)26-18/h8,10,12,15-16H,7,9,11,13H2,1-6H3,(H2,22,23,24,25,26). The summed E-state index contributed by atoms with van der Waals surface area (Å²) in [5.41, 5.74) is 0.546. The van der Waals surface area contributed by atoms with Crippen LogP contribution in [0.15, 0.2) is 18.3 Å². The van der Waals surface area contributed by atoms with Crippen molar-refractivity contribution >= 4 is 23.6 Å². The van der Waals surface area contributed by atoms with E-state index in [4.69, 9.17) is 4.84 Å². The summed E-state index contributed by atoms with van der Waals surface area (Å²) in [6, 6.07) is 4.07. The van der Waals surface area contributed by atoms with E-state index in [-0.39, 0.29) is 12.0 Å². The first kappa shape index (κ1) is 22.0. The summed E-state index contributed by atoms with van der Waals surface area (Å²) in [7, 11) is 1.90. The molecule has 3 heterocycles. The molecule has 1 saturated heterocycles. The number of piperidine rings is 1. The number of rotatable bonds is 6. The van der Waals surface area contributed by atoms with Gasteiger partial charge in [-0.25, -0.2) is 9.78 Å². The summed E-state index contributed by atoms with van der Waals surface area (Å²) in [6.45, 7) is 11.2. The third-order valence-corrected chi connectivity index (χ3v) is 5.39. The molecule has 2 unspecified atom stereocenters. The van der Waals surface area contributed by atoms with Gasteiger partial charge in [0.2, 0.25) is 5.95 Å². The molecule has 164 valence electrons. The van der Waals surface area contributed by atoms with Crippen LogP contribution in [0.3, 0.4) is 0 Å². The Morgan fingerprint density at radius 2 is 2.10 bits per heavy atom. The van der Waals surface area contributed by atoms with Crippen molar-refractivity contribution in [3.63, 3.8) is 0 Å². The third-order valence-electron chi connectivity index (χ3n) is 5.39. The lowest BCUT2D eigenvalue weighted by molar-refractivity contribution is -0.208. The number of anilines is 3. The fourth-order valence-electron chi connectivity index (χ4n) is 3.37. The second-order valence-electron chi connectivity index (χ2n) is 8.91. The maximum absolute atomic E-state index is 12.2. The van der Waals surface area contributed by atoms with E-state index in [1.807, 2.05) is 46.9 Å². The van der Waals surface area contributed by atoms with Crippen molar-refractivity contribution in [2.24, 2.45) is 18.4 Å². The fourth-order valence-corrected chi connectivity index (χ4v) is 3.37. The Morgan fingerprint density at radius 3 is 2.73 bits per heavy atom. The molecule has 0 saturated carbocycles. The largest absolute Gasteiger partial charge is 0.367 e. The summed E-state index contributed by atoms with van der Waals surface area (Å²) < 4.78 is 1.80. The Morgan fingerprint density at radius 1 is 1.33 bits per heavy atom. The minimum Gasteiger partial charge on any atom is -0.367 e. The smallest absolute Gasteiger partial charge is 0.330 e. The number of aromatic nitrogens is 4. The molecule has 2 aromatic rings. The molecule has 0 amide bonds. The van der Waals surface area contributed by atoms with Crippen LogP contribution in [0.2, 0.25) is 0 Å². The van der Waals surface area contributed by atoms with Crippen LogP contribution in [0.1, 0.15) is 46.2 Å². The van der Waals surface area contributed by atoms with E-state index in [1.165, 1.54) is 0 Å². The zero-order chi connectivity index (χ0) is 21.9. The number of aryl methyl sites for hydroxylation is 2. The van der Waals surface area contributed by atoms with Gasteiger partial charge in [0.1, 0.15) is 5.82 Å². The van der Waals surface area contributed by atoms with Gasteiger partial charge in [-0.05, 0) is 52.5 Å². The third kappa shape index (κ3) is 5.47. The Labute approximate surface area is 178 Å². The van der Waals surface area contributed by atoms with Crippen molar-refractivity contribution in [3.05, 3.63) is 24.0 Å². The average molecular weight is 416 g/mol. The molecule has 1 fully saturated rings. The number of hydrogen-bond acceptors (Lipinski definition) is 8. The van der Waals surface area contributed by atoms with E-state index in [2.05, 4.69) is 32.6 Å². The molecule has 1 aliphatic rings. The van der Waals surface area contributed by atoms with Crippen LogP contribution in [0.4, 0.5) is 17.6 Å². The molecular weight excluding hydrogens is 382 g/mol. The molecular formula is C21H33N7O2. The van der Waals surface area contributed by atoms with Gasteiger partial charge in [-0.15, -0.1) is 5.06 Å². The van der Waals surface area contributed by atoms with Crippen molar-refractivity contribution in [3.8, 4) is 0 Å². The highest BCUT2D eigenvalue weighted by atomic mass is 16.7. The lowest BCUT2D eigenvalue weighted by Gasteiger charge is -2.38. The first-order valence-corrected chi connectivity index (χ1v) is 10.5. The highest BCUT2D eigenvalue weighted by Gasteiger charge is 2.33. The van der Waals surface area contributed by atoms with Crippen molar-refractivity contribution < 1.29 is 9.63 Å². The highest BCUT2D eigenvalue weighted by molar-refractivity contribution is 5.75. The number of carbonyl (C=O) groups excluding carboxylic acids is 1. The Bertz CT molecular complexity index is 855. The van der Waals surface area contributed by atoms with Crippen LogP contribution >= 0.6 is 0 Å². The number of carbonyl (C=O) groups is 1. The molecule has 0 aromatic carbocycles. The zero-order valence-electron chi connectivity index (χ0n) is 18.8. The Kier molecular flexibility index (Phi) is 6.60. The molecule has 0 bridgehead atoms. The van der Waals surface area contributed by atoms with Gasteiger partial charge in [0.25, 0.3) is 0 Å². The first-order chi connectivity index (χ1) is 14.2. The quantitative estimate of drug-likeness (QED) is 0.742. The van der Waals surface area contributed by atoms with E-state index in [9.17, 15) is 4.79 Å². The predicted octanol–water partition coefficient (Wildman–Crippen LogP) is 3.28. The van der Waals surface area contributed by atoms with Gasteiger partial charge >= 0.3 is 5.97 Å². The van der Waals surface area contributed by atoms with Gasteiger partial charge in [-0.2, -0.15) is 10.1 Å². The lowest BCUT2D eigenvalue weighted by Crippen LogP contribution is -2.47. The molecule has 9 nitrogen and oxygen atoms in total. The molecule has 2 N–H and O–H groups in total. The lowest BCUT2D eigenvalue weighted by atomic mass is 9.91. The van der Waals surface area contributed by atoms with Gasteiger partial charge < -0.3 is 15.5 Å². The maximum Gasteiger partial charge on any atom is 0.330 e. The number of hydrogen-bond donors (Lipinski definition) is 2. The van der Waals surface area contributed by atoms with E-state index >= 15 is 0 Å². The fraction of sp³-hybridized carbons (Fsp3) is 0.619. The monoisotopic (exact) mass is 415 g/mol. The molecule has 0 aliphatic carbocycles. The van der Waals surface area contributed by atoms with Gasteiger partial charge in [0, 0.05) is 44.1 Å². The van der Waals surface area contributed by atoms with Crippen molar-refractivity contribution in [1.82, 2.24) is 24.8 Å². The molecule has 2 aromatic heterocycles. The van der Waals surface area contributed by atoms with E-state index < -0.39 is 5.41 Å². The Hall–Kier alpha value is -2.68. The van der Waals surface area contributed by atoms with Crippen LogP contribution in [0.25, 0.3) is 0 Å². The average Bonchev–Trinajstić information content (AvgIpc) is 2.99. The molecule has 2 atom stereocenters. The van der Waals surface area contributed by atoms with Crippen molar-refractivity contribution in [1.29, 1.82) is 0 Å². The molecule has 30 heavy (non-hydrogen) atoms. The van der Waals surface area contributed by atoms with Gasteiger partial charge in [0.05, 0.1) is 5.41 Å². The number of nitrogens with one attached hydrogen (secondary N) is 2. The topological polar surface area (TPSA) is 97.2 Å². The normalized spacial score (nSPS) is 20.1. The van der Waals surface area contributed by atoms with Crippen LogP contribution in [-0.2, 0) is 16.7 Å². The maximum atomic E-state index is 12.2. The first-order valence-electron chi connectivity index (χ1n) is 10.5. The Balaban J connectivity index is 1.61. The van der Waals surface area contributed by atoms with Crippen LogP contribution in [0, 0.1) is 18.3 Å². The second kappa shape index (κ2) is 8.99. The number of hydroxylamine groups is 2. The van der Waals surface area contributed by atoms with Gasteiger partial charge in [0.15, 0.2) is 5.82 Å². The molecule has 1 aliphatic heterocycles. The molecule has 9 heteroatoms. The van der Waals surface area contributed by atoms with Crippen LogP contribution in [-0.4, -0.2) is 49.9 Å². The predicted molar refractivity (Wildman–Crippen MR) is 116 cm³/mol. The van der Waals surface area contributed by atoms with Crippen LogP contribution < -0.4 is 10.6 Å². The second-order valence-corrected chi connectivity index (χ2v) is 8.91. The minimum atomic E-state index is -0.507. The highest BCUT2D eigenvalue weighted by Crippen LogP contribution is 2.25. The van der Waals surface area contributed by atoms with E-state index in [0.29, 0.717) is 30.8 Å². The SMILES string of the molecule is CCC1CN(OC(=O)C(C)(C)C)CCC1Nc1ccnc(Nc2cc(C)n(C)n2)n1. The molecule has 3 rings (SSSR count). The van der Waals surface area contributed by atoms with E-state index in [1.54, 1.807) is 15.9 Å². The number of nitrogens with zero attached hydrogens (tertiary/aromatic N) is 5. The summed E-state index contributed by atoms with van der Waals surface area (Å²) in [5.74, 6) is 2.13. The van der Waals surface area contributed by atoms with Gasteiger partial charge in [-0.3, -0.25) is 4.68 Å².